The monoisotopic (exact) mass is 363 g/mol. The third-order valence-corrected chi connectivity index (χ3v) is 4.66. The van der Waals surface area contributed by atoms with Crippen LogP contribution in [0, 0.1) is 0 Å². The Bertz CT molecular complexity index is 881. The Balaban J connectivity index is 1.47. The van der Waals surface area contributed by atoms with Crippen LogP contribution in [0.15, 0.2) is 48.9 Å². The molecule has 1 aromatic carbocycles. The zero-order valence-corrected chi connectivity index (χ0v) is 14.9. The first-order valence-corrected chi connectivity index (χ1v) is 9.08. The van der Waals surface area contributed by atoms with Crippen LogP contribution in [0.25, 0.3) is 11.5 Å². The molecular formula is C19H21N7O. The molecule has 1 aliphatic rings. The van der Waals surface area contributed by atoms with Crippen molar-refractivity contribution in [1.82, 2.24) is 35.4 Å². The van der Waals surface area contributed by atoms with Gasteiger partial charge in [0, 0.05) is 25.5 Å². The normalized spacial score (nSPS) is 16.9. The molecule has 0 radical (unpaired) electrons. The highest BCUT2D eigenvalue weighted by molar-refractivity contribution is 5.74. The molecule has 0 bridgehead atoms. The van der Waals surface area contributed by atoms with Gasteiger partial charge in [0.15, 0.2) is 0 Å². The predicted octanol–water partition coefficient (Wildman–Crippen LogP) is 2.70. The van der Waals surface area contributed by atoms with Crippen molar-refractivity contribution < 1.29 is 4.79 Å². The number of likely N-dealkylation sites (tertiary alicyclic amines) is 1. The maximum Gasteiger partial charge on any atom is 0.318 e. The number of carbonyl (C=O) groups is 1. The number of aromatic nitrogens is 5. The van der Waals surface area contributed by atoms with Crippen molar-refractivity contribution in [1.29, 1.82) is 0 Å². The number of amides is 2. The van der Waals surface area contributed by atoms with Crippen molar-refractivity contribution in [2.75, 3.05) is 6.54 Å². The summed E-state index contributed by atoms with van der Waals surface area (Å²) in [5.74, 6) is 1.18. The number of rotatable bonds is 4. The highest BCUT2D eigenvalue weighted by Crippen LogP contribution is 2.29. The molecule has 0 spiro atoms. The van der Waals surface area contributed by atoms with E-state index >= 15 is 0 Å². The zero-order valence-electron chi connectivity index (χ0n) is 14.9. The molecule has 0 unspecified atom stereocenters. The molecule has 1 fully saturated rings. The molecule has 0 aliphatic carbocycles. The molecule has 2 aromatic heterocycles. The lowest BCUT2D eigenvalue weighted by Gasteiger charge is -2.34. The molecule has 2 N–H and O–H groups in total. The summed E-state index contributed by atoms with van der Waals surface area (Å²) in [6.45, 7) is 1.20. The van der Waals surface area contributed by atoms with E-state index in [1.807, 2.05) is 35.2 Å². The van der Waals surface area contributed by atoms with E-state index in [0.717, 1.165) is 24.8 Å². The van der Waals surface area contributed by atoms with E-state index < -0.39 is 0 Å². The standard InChI is InChI=1S/C19H21N7O/c27-19(22-12-14-6-2-1-3-7-14)26-11-5-4-8-16(26)18-23-17(24-25-18)15-13-20-9-10-21-15/h1-3,6-7,9-10,13,16H,4-5,8,11-12H2,(H,22,27)(H,23,24,25)/t16-/m0/s1. The number of benzene rings is 1. The van der Waals surface area contributed by atoms with Crippen LogP contribution in [0.3, 0.4) is 0 Å². The van der Waals surface area contributed by atoms with E-state index in [2.05, 4.69) is 30.5 Å². The van der Waals surface area contributed by atoms with E-state index in [9.17, 15) is 4.79 Å². The third kappa shape index (κ3) is 3.94. The number of H-pyrrole nitrogens is 1. The fraction of sp³-hybridized carbons (Fsp3) is 0.316. The van der Waals surface area contributed by atoms with Crippen LogP contribution in [-0.4, -0.2) is 42.6 Å². The number of aromatic amines is 1. The van der Waals surface area contributed by atoms with Crippen molar-refractivity contribution in [2.45, 2.75) is 31.8 Å². The van der Waals surface area contributed by atoms with E-state index in [-0.39, 0.29) is 12.1 Å². The Kier molecular flexibility index (Phi) is 5.04. The minimum Gasteiger partial charge on any atom is -0.334 e. The quantitative estimate of drug-likeness (QED) is 0.742. The Morgan fingerprint density at radius 1 is 1.22 bits per heavy atom. The molecule has 8 heteroatoms. The third-order valence-electron chi connectivity index (χ3n) is 4.66. The summed E-state index contributed by atoms with van der Waals surface area (Å²) in [4.78, 5) is 27.4. The molecule has 138 valence electrons. The molecule has 1 aliphatic heterocycles. The number of hydrogen-bond donors (Lipinski definition) is 2. The molecule has 27 heavy (non-hydrogen) atoms. The highest BCUT2D eigenvalue weighted by Gasteiger charge is 2.30. The average Bonchev–Trinajstić information content (AvgIpc) is 3.23. The molecule has 3 heterocycles. The largest absolute Gasteiger partial charge is 0.334 e. The SMILES string of the molecule is O=C(NCc1ccccc1)N1CCCC[C@H]1c1nc(-c2cnccn2)n[nH]1. The first-order chi connectivity index (χ1) is 13.3. The summed E-state index contributed by atoms with van der Waals surface area (Å²) < 4.78 is 0. The van der Waals surface area contributed by atoms with E-state index in [4.69, 9.17) is 0 Å². The number of carbonyl (C=O) groups excluding carboxylic acids is 1. The van der Waals surface area contributed by atoms with Crippen LogP contribution in [0.4, 0.5) is 4.79 Å². The molecule has 2 amide bonds. The molecule has 4 rings (SSSR count). The van der Waals surface area contributed by atoms with Gasteiger partial charge in [0.05, 0.1) is 12.2 Å². The van der Waals surface area contributed by atoms with Crippen LogP contribution in [0.2, 0.25) is 0 Å². The van der Waals surface area contributed by atoms with Crippen molar-refractivity contribution in [2.24, 2.45) is 0 Å². The number of piperidine rings is 1. The fourth-order valence-electron chi connectivity index (χ4n) is 3.29. The van der Waals surface area contributed by atoms with Crippen molar-refractivity contribution in [3.63, 3.8) is 0 Å². The van der Waals surface area contributed by atoms with Crippen LogP contribution in [0.5, 0.6) is 0 Å². The topological polar surface area (TPSA) is 99.7 Å². The molecule has 1 saturated heterocycles. The summed E-state index contributed by atoms with van der Waals surface area (Å²) in [6, 6.07) is 9.69. The van der Waals surface area contributed by atoms with E-state index in [1.165, 1.54) is 0 Å². The van der Waals surface area contributed by atoms with Gasteiger partial charge < -0.3 is 10.2 Å². The van der Waals surface area contributed by atoms with Gasteiger partial charge in [-0.05, 0) is 24.8 Å². The second-order valence-electron chi connectivity index (χ2n) is 6.48. The van der Waals surface area contributed by atoms with Gasteiger partial charge in [-0.3, -0.25) is 10.1 Å². The predicted molar refractivity (Wildman–Crippen MR) is 99.4 cm³/mol. The smallest absolute Gasteiger partial charge is 0.318 e. The van der Waals surface area contributed by atoms with E-state index in [0.29, 0.717) is 30.4 Å². The summed E-state index contributed by atoms with van der Waals surface area (Å²) in [7, 11) is 0. The van der Waals surface area contributed by atoms with Gasteiger partial charge >= 0.3 is 6.03 Å². The summed E-state index contributed by atoms with van der Waals surface area (Å²) >= 11 is 0. The van der Waals surface area contributed by atoms with Crippen molar-refractivity contribution in [3.8, 4) is 11.5 Å². The molecular weight excluding hydrogens is 342 g/mol. The molecule has 8 nitrogen and oxygen atoms in total. The van der Waals surface area contributed by atoms with Gasteiger partial charge in [-0.25, -0.2) is 14.8 Å². The number of hydrogen-bond acceptors (Lipinski definition) is 5. The van der Waals surface area contributed by atoms with Crippen LogP contribution < -0.4 is 5.32 Å². The second kappa shape index (κ2) is 7.94. The van der Waals surface area contributed by atoms with Gasteiger partial charge in [0.2, 0.25) is 5.82 Å². The minimum absolute atomic E-state index is 0.0824. The number of nitrogens with one attached hydrogen (secondary N) is 2. The maximum atomic E-state index is 12.8. The zero-order chi connectivity index (χ0) is 18.5. The Morgan fingerprint density at radius 3 is 2.93 bits per heavy atom. The van der Waals surface area contributed by atoms with Crippen LogP contribution >= 0.6 is 0 Å². The van der Waals surface area contributed by atoms with Gasteiger partial charge in [0.25, 0.3) is 0 Å². The second-order valence-corrected chi connectivity index (χ2v) is 6.48. The van der Waals surface area contributed by atoms with Crippen LogP contribution in [-0.2, 0) is 6.54 Å². The van der Waals surface area contributed by atoms with E-state index in [1.54, 1.807) is 18.6 Å². The fourth-order valence-corrected chi connectivity index (χ4v) is 3.29. The highest BCUT2D eigenvalue weighted by atomic mass is 16.2. The van der Waals surface area contributed by atoms with Gasteiger partial charge in [-0.15, -0.1) is 0 Å². The van der Waals surface area contributed by atoms with Crippen LogP contribution in [0.1, 0.15) is 36.7 Å². The summed E-state index contributed by atoms with van der Waals surface area (Å²) in [6.07, 6.45) is 7.73. The van der Waals surface area contributed by atoms with Gasteiger partial charge in [0.1, 0.15) is 11.5 Å². The van der Waals surface area contributed by atoms with Gasteiger partial charge in [-0.2, -0.15) is 5.10 Å². The lowest BCUT2D eigenvalue weighted by atomic mass is 10.0. The first-order valence-electron chi connectivity index (χ1n) is 9.08. The Morgan fingerprint density at radius 2 is 2.11 bits per heavy atom. The molecule has 3 aromatic rings. The summed E-state index contributed by atoms with van der Waals surface area (Å²) in [5.41, 5.74) is 1.68. The Labute approximate surface area is 157 Å². The van der Waals surface area contributed by atoms with Crippen molar-refractivity contribution >= 4 is 6.03 Å². The maximum absolute atomic E-state index is 12.8. The number of nitrogens with zero attached hydrogens (tertiary/aromatic N) is 5. The molecule has 0 saturated carbocycles. The van der Waals surface area contributed by atoms with Gasteiger partial charge in [-0.1, -0.05) is 30.3 Å². The minimum atomic E-state index is -0.118. The first kappa shape index (κ1) is 17.1. The number of urea groups is 1. The lowest BCUT2D eigenvalue weighted by Crippen LogP contribution is -2.44. The lowest BCUT2D eigenvalue weighted by molar-refractivity contribution is 0.147. The van der Waals surface area contributed by atoms with Crippen molar-refractivity contribution in [3.05, 3.63) is 60.3 Å². The molecule has 1 atom stereocenters. The Hall–Kier alpha value is -3.29. The summed E-state index contributed by atoms with van der Waals surface area (Å²) in [5, 5.41) is 10.2. The average molecular weight is 363 g/mol.